The van der Waals surface area contributed by atoms with Crippen LogP contribution in [0.3, 0.4) is 0 Å². The molecule has 0 saturated carbocycles. The zero-order valence-electron chi connectivity index (χ0n) is 9.27. The van der Waals surface area contributed by atoms with Crippen LogP contribution in [-0.4, -0.2) is 53.6 Å². The van der Waals surface area contributed by atoms with Gasteiger partial charge in [-0.15, -0.1) is 5.10 Å². The molecule has 5 nitrogen and oxygen atoms in total. The summed E-state index contributed by atoms with van der Waals surface area (Å²) in [5.74, 6) is -0.342. The van der Waals surface area contributed by atoms with Crippen molar-refractivity contribution in [1.29, 1.82) is 0 Å². The number of hydrogen-bond donors (Lipinski definition) is 2. The van der Waals surface area contributed by atoms with E-state index in [4.69, 9.17) is 10.2 Å². The summed E-state index contributed by atoms with van der Waals surface area (Å²) in [7, 11) is 3.46. The third-order valence-electron chi connectivity index (χ3n) is 1.56. The van der Waals surface area contributed by atoms with Crippen LogP contribution >= 0.6 is 0 Å². The van der Waals surface area contributed by atoms with Gasteiger partial charge in [0.25, 0.3) is 0 Å². The number of likely N-dealkylation sites (N-methyl/N-ethyl adjacent to an activating group) is 1. The first kappa shape index (κ1) is 13.4. The summed E-state index contributed by atoms with van der Waals surface area (Å²) < 4.78 is 0.0865. The van der Waals surface area contributed by atoms with E-state index in [0.29, 0.717) is 6.54 Å². The summed E-state index contributed by atoms with van der Waals surface area (Å²) >= 11 is 0. The van der Waals surface area contributed by atoms with E-state index >= 15 is 0 Å². The Morgan fingerprint density at radius 3 is 2.14 bits per heavy atom. The van der Waals surface area contributed by atoms with Gasteiger partial charge in [0.15, 0.2) is 0 Å². The largest absolute Gasteiger partial charge is 0.858 e. The van der Waals surface area contributed by atoms with Gasteiger partial charge in [-0.3, -0.25) is 0 Å². The Balaban J connectivity index is 4.29. The SMILES string of the molecule is CC(O)C/C([O-])=N\[N+](C)(C)CC(C)O. The maximum atomic E-state index is 11.2. The van der Waals surface area contributed by atoms with Crippen LogP contribution in [0, 0.1) is 0 Å². The fourth-order valence-electron chi connectivity index (χ4n) is 1.28. The lowest BCUT2D eigenvalue weighted by Gasteiger charge is -2.26. The van der Waals surface area contributed by atoms with Crippen LogP contribution in [0.15, 0.2) is 5.10 Å². The van der Waals surface area contributed by atoms with Crippen LogP contribution in [-0.2, 0) is 0 Å². The van der Waals surface area contributed by atoms with E-state index in [-0.39, 0.29) is 16.9 Å². The average Bonchev–Trinajstić information content (AvgIpc) is 1.77. The van der Waals surface area contributed by atoms with E-state index in [1.165, 1.54) is 0 Å². The standard InChI is InChI=1S/C9H20N2O3/c1-7(12)5-9(14)10-11(3,4)6-8(2)13/h7-8,12-13H,5-6H2,1-4H3. The molecule has 0 aliphatic rings. The smallest absolute Gasteiger partial charge is 0.128 e. The third-order valence-corrected chi connectivity index (χ3v) is 1.56. The summed E-state index contributed by atoms with van der Waals surface area (Å²) in [6, 6.07) is 0. The van der Waals surface area contributed by atoms with E-state index < -0.39 is 12.2 Å². The van der Waals surface area contributed by atoms with Crippen molar-refractivity contribution in [3.8, 4) is 0 Å². The highest BCUT2D eigenvalue weighted by molar-refractivity contribution is 5.71. The topological polar surface area (TPSA) is 75.9 Å². The molecule has 0 aliphatic heterocycles. The van der Waals surface area contributed by atoms with Gasteiger partial charge < -0.3 is 15.3 Å². The summed E-state index contributed by atoms with van der Waals surface area (Å²) in [6.07, 6.45) is -1.15. The molecule has 0 fully saturated rings. The van der Waals surface area contributed by atoms with Crippen LogP contribution in [0.4, 0.5) is 0 Å². The second-order valence-electron chi connectivity index (χ2n) is 4.20. The first-order valence-electron chi connectivity index (χ1n) is 4.68. The first-order chi connectivity index (χ1) is 6.23. The molecule has 0 bridgehead atoms. The highest BCUT2D eigenvalue weighted by Gasteiger charge is 2.16. The molecule has 14 heavy (non-hydrogen) atoms. The van der Waals surface area contributed by atoms with Gasteiger partial charge in [-0.1, -0.05) is 0 Å². The Morgan fingerprint density at radius 2 is 1.79 bits per heavy atom. The second kappa shape index (κ2) is 5.29. The van der Waals surface area contributed by atoms with Gasteiger partial charge in [0.1, 0.15) is 12.6 Å². The predicted octanol–water partition coefficient (Wildman–Crippen LogP) is -1.11. The summed E-state index contributed by atoms with van der Waals surface area (Å²) in [4.78, 5) is 0. The Hall–Kier alpha value is -0.650. The monoisotopic (exact) mass is 204 g/mol. The zero-order chi connectivity index (χ0) is 11.4. The number of aliphatic hydroxyl groups excluding tert-OH is 2. The fraction of sp³-hybridized carbons (Fsp3) is 0.889. The molecule has 0 aliphatic carbocycles. The van der Waals surface area contributed by atoms with Crippen LogP contribution in [0.1, 0.15) is 20.3 Å². The third kappa shape index (κ3) is 6.82. The molecule has 0 heterocycles. The Labute approximate surface area is 84.9 Å². The van der Waals surface area contributed by atoms with E-state index in [1.54, 1.807) is 27.9 Å². The maximum Gasteiger partial charge on any atom is 0.128 e. The van der Waals surface area contributed by atoms with Crippen LogP contribution in [0.2, 0.25) is 0 Å². The predicted molar refractivity (Wildman–Crippen MR) is 52.4 cm³/mol. The van der Waals surface area contributed by atoms with Gasteiger partial charge in [0.2, 0.25) is 0 Å². The van der Waals surface area contributed by atoms with E-state index in [2.05, 4.69) is 5.10 Å². The molecule has 5 heteroatoms. The molecule has 0 spiro atoms. The molecular formula is C9H20N2O3. The Kier molecular flexibility index (Phi) is 5.04. The van der Waals surface area contributed by atoms with E-state index in [9.17, 15) is 5.11 Å². The van der Waals surface area contributed by atoms with Crippen molar-refractivity contribution < 1.29 is 19.9 Å². The molecule has 84 valence electrons. The van der Waals surface area contributed by atoms with Crippen molar-refractivity contribution in [2.24, 2.45) is 5.10 Å². The van der Waals surface area contributed by atoms with Crippen LogP contribution < -0.4 is 5.11 Å². The van der Waals surface area contributed by atoms with Gasteiger partial charge in [-0.25, -0.2) is 4.59 Å². The number of nitrogens with zero attached hydrogens (tertiary/aromatic N) is 2. The van der Waals surface area contributed by atoms with Crippen molar-refractivity contribution in [2.45, 2.75) is 32.5 Å². The van der Waals surface area contributed by atoms with E-state index in [1.807, 2.05) is 0 Å². The van der Waals surface area contributed by atoms with Gasteiger partial charge in [-0.2, -0.15) is 0 Å². The number of quaternary nitrogens is 1. The molecule has 2 N–H and O–H groups in total. The molecule has 2 unspecified atom stereocenters. The summed E-state index contributed by atoms with van der Waals surface area (Å²) in [5, 5.41) is 33.2. The molecule has 0 radical (unpaired) electrons. The fourth-order valence-corrected chi connectivity index (χ4v) is 1.28. The molecular weight excluding hydrogens is 184 g/mol. The summed E-state index contributed by atoms with van der Waals surface area (Å²) in [6.45, 7) is 3.57. The summed E-state index contributed by atoms with van der Waals surface area (Å²) in [5.41, 5.74) is 0. The van der Waals surface area contributed by atoms with Gasteiger partial charge in [-0.05, 0) is 13.8 Å². The molecule has 0 amide bonds. The Morgan fingerprint density at radius 1 is 1.29 bits per heavy atom. The minimum Gasteiger partial charge on any atom is -0.858 e. The highest BCUT2D eigenvalue weighted by atomic mass is 16.3. The molecule has 0 aromatic carbocycles. The number of aliphatic hydroxyl groups is 2. The molecule has 0 aromatic rings. The van der Waals surface area contributed by atoms with E-state index in [0.717, 1.165) is 0 Å². The minimum atomic E-state index is -0.669. The van der Waals surface area contributed by atoms with Crippen LogP contribution in [0.25, 0.3) is 0 Å². The van der Waals surface area contributed by atoms with Crippen molar-refractivity contribution in [1.82, 2.24) is 0 Å². The maximum absolute atomic E-state index is 11.2. The number of hydrogen-bond acceptors (Lipinski definition) is 4. The number of rotatable bonds is 5. The van der Waals surface area contributed by atoms with Crippen molar-refractivity contribution in [2.75, 3.05) is 20.6 Å². The molecule has 0 rings (SSSR count). The highest BCUT2D eigenvalue weighted by Crippen LogP contribution is 2.02. The second-order valence-corrected chi connectivity index (χ2v) is 4.20. The normalized spacial score (nSPS) is 18.0. The average molecular weight is 204 g/mol. The molecule has 0 aromatic heterocycles. The van der Waals surface area contributed by atoms with Gasteiger partial charge in [0.05, 0.1) is 20.2 Å². The molecule has 2 atom stereocenters. The minimum absolute atomic E-state index is 0.0293. The first-order valence-corrected chi connectivity index (χ1v) is 4.68. The van der Waals surface area contributed by atoms with Crippen molar-refractivity contribution in [3.63, 3.8) is 0 Å². The van der Waals surface area contributed by atoms with Crippen molar-refractivity contribution in [3.05, 3.63) is 0 Å². The quantitative estimate of drug-likeness (QED) is 0.258. The Bertz CT molecular complexity index is 200. The van der Waals surface area contributed by atoms with Crippen molar-refractivity contribution >= 4 is 5.90 Å². The van der Waals surface area contributed by atoms with Gasteiger partial charge >= 0.3 is 0 Å². The lowest BCUT2D eigenvalue weighted by atomic mass is 10.3. The zero-order valence-corrected chi connectivity index (χ0v) is 9.27. The lowest BCUT2D eigenvalue weighted by Crippen LogP contribution is -2.42. The molecule has 0 saturated heterocycles. The van der Waals surface area contributed by atoms with Crippen LogP contribution in [0.5, 0.6) is 0 Å². The van der Waals surface area contributed by atoms with Gasteiger partial charge in [0, 0.05) is 12.3 Å². The lowest BCUT2D eigenvalue weighted by molar-refractivity contribution is -0.901.